The zero-order chi connectivity index (χ0) is 20.3. The number of imide groups is 2. The van der Waals surface area contributed by atoms with Crippen molar-refractivity contribution in [2.75, 3.05) is 4.90 Å². The summed E-state index contributed by atoms with van der Waals surface area (Å²) < 4.78 is 6.50. The molecular formula is C20H18BrN3O4. The number of rotatable bonds is 5. The summed E-state index contributed by atoms with van der Waals surface area (Å²) in [6.45, 7) is 4.00. The van der Waals surface area contributed by atoms with Crippen molar-refractivity contribution in [2.24, 2.45) is 0 Å². The molecule has 0 spiro atoms. The Balaban J connectivity index is 1.92. The molecule has 1 aromatic carbocycles. The highest BCUT2D eigenvalue weighted by atomic mass is 79.9. The molecule has 1 atom stereocenters. The number of benzene rings is 1. The van der Waals surface area contributed by atoms with Gasteiger partial charge in [-0.25, -0.2) is 9.69 Å². The van der Waals surface area contributed by atoms with E-state index >= 15 is 0 Å². The van der Waals surface area contributed by atoms with Gasteiger partial charge < -0.3 is 4.74 Å². The molecule has 8 heteroatoms. The van der Waals surface area contributed by atoms with Crippen molar-refractivity contribution in [2.45, 2.75) is 26.4 Å². The maximum absolute atomic E-state index is 12.8. The summed E-state index contributed by atoms with van der Waals surface area (Å²) in [6, 6.07) is 7.60. The fraction of sp³-hybridized carbons (Fsp3) is 0.200. The van der Waals surface area contributed by atoms with Gasteiger partial charge in [-0.3, -0.25) is 19.9 Å². The van der Waals surface area contributed by atoms with Crippen molar-refractivity contribution in [3.05, 3.63) is 58.3 Å². The molecule has 1 N–H and O–H groups in total. The van der Waals surface area contributed by atoms with Gasteiger partial charge in [-0.1, -0.05) is 13.0 Å². The van der Waals surface area contributed by atoms with Gasteiger partial charge in [-0.05, 0) is 65.2 Å². The van der Waals surface area contributed by atoms with Crippen LogP contribution in [0.15, 0.2) is 52.8 Å². The molecule has 0 bridgehead atoms. The molecule has 1 aliphatic heterocycles. The summed E-state index contributed by atoms with van der Waals surface area (Å²) in [4.78, 5) is 42.0. The number of nitrogens with one attached hydrogen (secondary N) is 1. The predicted molar refractivity (Wildman–Crippen MR) is 108 cm³/mol. The van der Waals surface area contributed by atoms with E-state index in [4.69, 9.17) is 4.74 Å². The molecule has 4 amide bonds. The van der Waals surface area contributed by atoms with Crippen LogP contribution in [0.4, 0.5) is 10.5 Å². The zero-order valence-electron chi connectivity index (χ0n) is 15.3. The molecule has 0 radical (unpaired) electrons. The standard InChI is InChI=1S/C20H18BrN3O4/c1-3-12(2)28-17-7-6-13(10-16(17)21)9-15-18(25)23-20(27)24(19(15)26)14-5-4-8-22-11-14/h4-12H,3H2,1-2H3,(H,23,25,27)/b15-9+/t12-/m1/s1. The molecule has 0 saturated carbocycles. The Morgan fingerprint density at radius 3 is 2.71 bits per heavy atom. The Hall–Kier alpha value is -3.00. The quantitative estimate of drug-likeness (QED) is 0.562. The molecule has 28 heavy (non-hydrogen) atoms. The second-order valence-electron chi connectivity index (χ2n) is 6.20. The summed E-state index contributed by atoms with van der Waals surface area (Å²) in [5, 5.41) is 2.18. The highest BCUT2D eigenvalue weighted by Crippen LogP contribution is 2.29. The topological polar surface area (TPSA) is 88.6 Å². The fourth-order valence-corrected chi connectivity index (χ4v) is 3.04. The van der Waals surface area contributed by atoms with Crippen molar-refractivity contribution >= 4 is 45.5 Å². The lowest BCUT2D eigenvalue weighted by atomic mass is 10.1. The first-order valence-electron chi connectivity index (χ1n) is 8.68. The highest BCUT2D eigenvalue weighted by molar-refractivity contribution is 9.10. The molecule has 0 aliphatic carbocycles. The van der Waals surface area contributed by atoms with Gasteiger partial charge in [-0.15, -0.1) is 0 Å². The number of hydrogen-bond acceptors (Lipinski definition) is 5. The smallest absolute Gasteiger partial charge is 0.336 e. The SMILES string of the molecule is CC[C@@H](C)Oc1ccc(/C=C2\C(=O)NC(=O)N(c3cccnc3)C2=O)cc1Br. The Labute approximate surface area is 170 Å². The molecule has 3 rings (SSSR count). The summed E-state index contributed by atoms with van der Waals surface area (Å²) in [5.74, 6) is -0.785. The van der Waals surface area contributed by atoms with Crippen LogP contribution in [0.5, 0.6) is 5.75 Å². The van der Waals surface area contributed by atoms with E-state index in [2.05, 4.69) is 26.2 Å². The lowest BCUT2D eigenvalue weighted by molar-refractivity contribution is -0.122. The van der Waals surface area contributed by atoms with Gasteiger partial charge in [0.05, 0.1) is 22.5 Å². The number of carbonyl (C=O) groups excluding carboxylic acids is 3. The highest BCUT2D eigenvalue weighted by Gasteiger charge is 2.36. The minimum Gasteiger partial charge on any atom is -0.490 e. The monoisotopic (exact) mass is 443 g/mol. The number of carbonyl (C=O) groups is 3. The van der Waals surface area contributed by atoms with Crippen molar-refractivity contribution < 1.29 is 19.1 Å². The van der Waals surface area contributed by atoms with Gasteiger partial charge in [0.2, 0.25) is 0 Å². The normalized spacial score (nSPS) is 16.9. The van der Waals surface area contributed by atoms with Crippen LogP contribution in [-0.2, 0) is 9.59 Å². The molecule has 2 heterocycles. The number of amides is 4. The van der Waals surface area contributed by atoms with Crippen molar-refractivity contribution in [3.8, 4) is 5.75 Å². The molecule has 2 aromatic rings. The largest absolute Gasteiger partial charge is 0.490 e. The maximum atomic E-state index is 12.8. The minimum atomic E-state index is -0.807. The summed E-state index contributed by atoms with van der Waals surface area (Å²) in [7, 11) is 0. The Morgan fingerprint density at radius 1 is 1.29 bits per heavy atom. The van der Waals surface area contributed by atoms with Crippen LogP contribution >= 0.6 is 15.9 Å². The van der Waals surface area contributed by atoms with E-state index in [0.717, 1.165) is 11.3 Å². The molecule has 0 unspecified atom stereocenters. The zero-order valence-corrected chi connectivity index (χ0v) is 16.9. The van der Waals surface area contributed by atoms with Crippen LogP contribution in [-0.4, -0.2) is 28.9 Å². The molecule has 1 aromatic heterocycles. The number of aromatic nitrogens is 1. The van der Waals surface area contributed by atoms with Gasteiger partial charge in [0.1, 0.15) is 11.3 Å². The molecular weight excluding hydrogens is 426 g/mol. The van der Waals surface area contributed by atoms with Crippen LogP contribution in [0.1, 0.15) is 25.8 Å². The number of pyridine rings is 1. The summed E-state index contributed by atoms with van der Waals surface area (Å²) in [5.41, 5.74) is 0.746. The first-order valence-corrected chi connectivity index (χ1v) is 9.47. The van der Waals surface area contributed by atoms with Gasteiger partial charge in [0.15, 0.2) is 0 Å². The van der Waals surface area contributed by atoms with E-state index in [0.29, 0.717) is 15.8 Å². The van der Waals surface area contributed by atoms with Gasteiger partial charge in [0, 0.05) is 6.20 Å². The average Bonchev–Trinajstić information content (AvgIpc) is 2.67. The lowest BCUT2D eigenvalue weighted by Crippen LogP contribution is -2.54. The van der Waals surface area contributed by atoms with E-state index in [-0.39, 0.29) is 17.4 Å². The van der Waals surface area contributed by atoms with Gasteiger partial charge in [-0.2, -0.15) is 0 Å². The molecule has 1 aliphatic rings. The van der Waals surface area contributed by atoms with Gasteiger partial charge in [0.25, 0.3) is 11.8 Å². The third kappa shape index (κ3) is 4.12. The Morgan fingerprint density at radius 2 is 2.07 bits per heavy atom. The summed E-state index contributed by atoms with van der Waals surface area (Å²) >= 11 is 3.45. The van der Waals surface area contributed by atoms with E-state index in [9.17, 15) is 14.4 Å². The molecule has 1 fully saturated rings. The van der Waals surface area contributed by atoms with E-state index in [1.807, 2.05) is 13.8 Å². The molecule has 1 saturated heterocycles. The maximum Gasteiger partial charge on any atom is 0.336 e. The van der Waals surface area contributed by atoms with Crippen LogP contribution in [0.25, 0.3) is 6.08 Å². The fourth-order valence-electron chi connectivity index (χ4n) is 2.55. The number of ether oxygens (including phenoxy) is 1. The Bertz CT molecular complexity index is 959. The number of halogens is 1. The third-order valence-electron chi connectivity index (χ3n) is 4.18. The second-order valence-corrected chi connectivity index (χ2v) is 7.05. The predicted octanol–water partition coefficient (Wildman–Crippen LogP) is 3.69. The van der Waals surface area contributed by atoms with Crippen LogP contribution < -0.4 is 15.0 Å². The lowest BCUT2D eigenvalue weighted by Gasteiger charge is -2.26. The van der Waals surface area contributed by atoms with E-state index in [1.165, 1.54) is 18.5 Å². The molecule has 144 valence electrons. The molecule has 7 nitrogen and oxygen atoms in total. The van der Waals surface area contributed by atoms with Crippen LogP contribution in [0.3, 0.4) is 0 Å². The van der Waals surface area contributed by atoms with Crippen LogP contribution in [0.2, 0.25) is 0 Å². The minimum absolute atomic E-state index is 0.0604. The number of urea groups is 1. The third-order valence-corrected chi connectivity index (χ3v) is 4.80. The number of barbiturate groups is 1. The summed E-state index contributed by atoms with van der Waals surface area (Å²) in [6.07, 6.45) is 5.27. The van der Waals surface area contributed by atoms with Crippen molar-refractivity contribution in [3.63, 3.8) is 0 Å². The average molecular weight is 444 g/mol. The Kier molecular flexibility index (Phi) is 5.89. The first kappa shape index (κ1) is 19.8. The van der Waals surface area contributed by atoms with Crippen LogP contribution in [0, 0.1) is 0 Å². The van der Waals surface area contributed by atoms with E-state index in [1.54, 1.807) is 30.3 Å². The van der Waals surface area contributed by atoms with E-state index < -0.39 is 17.8 Å². The number of hydrogen-bond donors (Lipinski definition) is 1. The number of nitrogens with zero attached hydrogens (tertiary/aromatic N) is 2. The first-order chi connectivity index (χ1) is 13.4. The second kappa shape index (κ2) is 8.35. The van der Waals surface area contributed by atoms with Crippen molar-refractivity contribution in [1.29, 1.82) is 0 Å². The van der Waals surface area contributed by atoms with Crippen molar-refractivity contribution in [1.82, 2.24) is 10.3 Å². The number of anilines is 1. The van der Waals surface area contributed by atoms with Gasteiger partial charge >= 0.3 is 6.03 Å².